The van der Waals surface area contributed by atoms with Crippen molar-refractivity contribution < 1.29 is 32.4 Å². The van der Waals surface area contributed by atoms with Gasteiger partial charge in [-0.15, -0.1) is 0 Å². The van der Waals surface area contributed by atoms with Crippen LogP contribution < -0.4 is 10.2 Å². The Morgan fingerprint density at radius 1 is 0.809 bits per heavy atom. The van der Waals surface area contributed by atoms with Gasteiger partial charge in [0.15, 0.2) is 16.6 Å². The topological polar surface area (TPSA) is 72.5 Å². The lowest BCUT2D eigenvalue weighted by molar-refractivity contribution is 0.00578. The molecule has 1 heterocycles. The first-order chi connectivity index (χ1) is 21.4. The van der Waals surface area contributed by atoms with Crippen molar-refractivity contribution >= 4 is 35.2 Å². The number of rotatable bonds is 13. The average Bonchev–Trinajstić information content (AvgIpc) is 3.17. The maximum Gasteiger partial charge on any atom is 0.494 e. The highest BCUT2D eigenvalue weighted by Crippen LogP contribution is 2.41. The quantitative estimate of drug-likeness (QED) is 0.119. The minimum absolute atomic E-state index is 0.0156. The van der Waals surface area contributed by atoms with Gasteiger partial charge in [0.1, 0.15) is 19.0 Å². The summed E-state index contributed by atoms with van der Waals surface area (Å²) in [7, 11) is -4.68. The first kappa shape index (κ1) is 39.2. The summed E-state index contributed by atoms with van der Waals surface area (Å²) in [5.74, 6) is 0.259. The lowest BCUT2D eigenvalue weighted by Gasteiger charge is -2.37. The van der Waals surface area contributed by atoms with Crippen LogP contribution >= 0.6 is 0 Å². The highest BCUT2D eigenvalue weighted by atomic mass is 28.4. The minimum Gasteiger partial charge on any atom is -0.488 e. The fourth-order valence-corrected chi connectivity index (χ4v) is 6.24. The number of benzene rings is 2. The van der Waals surface area contributed by atoms with Crippen LogP contribution in [0.2, 0.25) is 36.3 Å². The number of ether oxygens (including phenoxy) is 2. The standard InChI is InChI=1S/C37H59BO7Si2/c1-16-21-40-33(39)28-22-29(25-42-46(12,13)34(2,3)4)32(30(23-28)26-43-47(14,15)35(5,6)7)41-24-27-17-19-31(20-18-27)38-44-36(8,9)37(10,11)45-38/h16-20,22-23H,1,21,24-26H2,2-15H3. The Bertz CT molecular complexity index is 1340. The highest BCUT2D eigenvalue weighted by Gasteiger charge is 2.51. The van der Waals surface area contributed by atoms with Crippen molar-refractivity contribution in [1.29, 1.82) is 0 Å². The van der Waals surface area contributed by atoms with E-state index in [0.717, 1.165) is 22.2 Å². The molecule has 0 aliphatic carbocycles. The monoisotopic (exact) mass is 682 g/mol. The smallest absolute Gasteiger partial charge is 0.488 e. The van der Waals surface area contributed by atoms with E-state index in [0.29, 0.717) is 31.1 Å². The summed E-state index contributed by atoms with van der Waals surface area (Å²) in [6, 6.07) is 11.8. The average molecular weight is 683 g/mol. The second kappa shape index (κ2) is 14.3. The van der Waals surface area contributed by atoms with Crippen LogP contribution in [0.25, 0.3) is 0 Å². The predicted molar refractivity (Wildman–Crippen MR) is 197 cm³/mol. The van der Waals surface area contributed by atoms with Gasteiger partial charge in [0.25, 0.3) is 0 Å². The van der Waals surface area contributed by atoms with E-state index in [1.54, 1.807) is 6.08 Å². The molecular formula is C37H59BO7Si2. The molecule has 3 rings (SSSR count). The molecule has 260 valence electrons. The largest absolute Gasteiger partial charge is 0.494 e. The maximum atomic E-state index is 13.1. The molecule has 0 aromatic heterocycles. The van der Waals surface area contributed by atoms with Crippen molar-refractivity contribution in [3.63, 3.8) is 0 Å². The molecular weight excluding hydrogens is 623 g/mol. The first-order valence-corrected chi connectivity index (χ1v) is 22.5. The highest BCUT2D eigenvalue weighted by molar-refractivity contribution is 6.74. The Hall–Kier alpha value is -2.21. The second-order valence-electron chi connectivity index (χ2n) is 16.7. The summed E-state index contributed by atoms with van der Waals surface area (Å²) >= 11 is 0. The maximum absolute atomic E-state index is 13.1. The molecule has 1 fully saturated rings. The van der Waals surface area contributed by atoms with Gasteiger partial charge in [-0.1, -0.05) is 78.5 Å². The van der Waals surface area contributed by atoms with Crippen LogP contribution in [0.15, 0.2) is 49.1 Å². The molecule has 0 spiro atoms. The van der Waals surface area contributed by atoms with Crippen LogP contribution in [0.3, 0.4) is 0 Å². The van der Waals surface area contributed by atoms with E-state index in [4.69, 9.17) is 27.6 Å². The van der Waals surface area contributed by atoms with Gasteiger partial charge in [0.2, 0.25) is 0 Å². The van der Waals surface area contributed by atoms with Crippen molar-refractivity contribution in [2.24, 2.45) is 0 Å². The molecule has 0 amide bonds. The zero-order valence-electron chi connectivity index (χ0n) is 31.5. The van der Waals surface area contributed by atoms with E-state index < -0.39 is 40.9 Å². The van der Waals surface area contributed by atoms with Crippen molar-refractivity contribution in [1.82, 2.24) is 0 Å². The van der Waals surface area contributed by atoms with Crippen LogP contribution in [-0.4, -0.2) is 47.5 Å². The molecule has 1 aliphatic rings. The third-order valence-corrected chi connectivity index (χ3v) is 19.4. The van der Waals surface area contributed by atoms with Crippen LogP contribution in [0, 0.1) is 0 Å². The van der Waals surface area contributed by atoms with Crippen LogP contribution in [0.5, 0.6) is 5.75 Å². The molecule has 1 saturated heterocycles. The molecule has 0 saturated carbocycles. The number of carbonyl (C=O) groups is 1. The van der Waals surface area contributed by atoms with Crippen molar-refractivity contribution in [3.05, 3.63) is 71.3 Å². The summed E-state index contributed by atoms with van der Waals surface area (Å²) in [6.45, 7) is 35.1. The summed E-state index contributed by atoms with van der Waals surface area (Å²) < 4.78 is 37.9. The lowest BCUT2D eigenvalue weighted by Crippen LogP contribution is -2.41. The predicted octanol–water partition coefficient (Wildman–Crippen LogP) is 8.95. The zero-order chi connectivity index (χ0) is 35.6. The number of hydrogen-bond donors (Lipinski definition) is 0. The van der Waals surface area contributed by atoms with Gasteiger partial charge < -0.3 is 27.6 Å². The third kappa shape index (κ3) is 9.48. The summed E-state index contributed by atoms with van der Waals surface area (Å²) in [4.78, 5) is 13.1. The van der Waals surface area contributed by atoms with Gasteiger partial charge >= 0.3 is 13.1 Å². The summed E-state index contributed by atoms with van der Waals surface area (Å²) in [5, 5.41) is 0.0312. The van der Waals surface area contributed by atoms with Gasteiger partial charge in [-0.05, 0) is 87.1 Å². The SMILES string of the molecule is C=CCOC(=O)c1cc(CO[Si](C)(C)C(C)(C)C)c(OCc2ccc(B3OC(C)(C)C(C)(C)O3)cc2)c(CO[Si](C)(C)C(C)(C)C)c1. The third-order valence-electron chi connectivity index (χ3n) is 10.5. The lowest BCUT2D eigenvalue weighted by atomic mass is 9.79. The Kier molecular flexibility index (Phi) is 12.0. The van der Waals surface area contributed by atoms with Gasteiger partial charge in [-0.3, -0.25) is 0 Å². The van der Waals surface area contributed by atoms with Crippen molar-refractivity contribution in [3.8, 4) is 5.75 Å². The van der Waals surface area contributed by atoms with E-state index in [9.17, 15) is 4.79 Å². The second-order valence-corrected chi connectivity index (χ2v) is 26.3. The van der Waals surface area contributed by atoms with Gasteiger partial charge in [0, 0.05) is 11.1 Å². The minimum atomic E-state index is -2.13. The van der Waals surface area contributed by atoms with Crippen LogP contribution in [0.1, 0.15) is 96.3 Å². The normalized spacial score (nSPS) is 16.7. The number of esters is 1. The molecule has 0 N–H and O–H groups in total. The molecule has 2 aromatic rings. The van der Waals surface area contributed by atoms with Crippen molar-refractivity contribution in [2.45, 2.75) is 137 Å². The Balaban J connectivity index is 1.99. The molecule has 47 heavy (non-hydrogen) atoms. The molecule has 0 bridgehead atoms. The van der Waals surface area contributed by atoms with E-state index in [1.165, 1.54) is 0 Å². The molecule has 10 heteroatoms. The number of hydrogen-bond acceptors (Lipinski definition) is 7. The first-order valence-electron chi connectivity index (χ1n) is 16.7. The number of carbonyl (C=O) groups excluding carboxylic acids is 1. The van der Waals surface area contributed by atoms with Crippen molar-refractivity contribution in [2.75, 3.05) is 6.61 Å². The van der Waals surface area contributed by atoms with E-state index in [-0.39, 0.29) is 16.7 Å². The molecule has 0 unspecified atom stereocenters. The van der Waals surface area contributed by atoms with Crippen LogP contribution in [0.4, 0.5) is 0 Å². The summed E-state index contributed by atoms with van der Waals surface area (Å²) in [6.07, 6.45) is 1.57. The Morgan fingerprint density at radius 2 is 1.26 bits per heavy atom. The van der Waals surface area contributed by atoms with Gasteiger partial charge in [-0.25, -0.2) is 4.79 Å². The van der Waals surface area contributed by atoms with Gasteiger partial charge in [-0.2, -0.15) is 0 Å². The molecule has 0 atom stereocenters. The molecule has 7 nitrogen and oxygen atoms in total. The fourth-order valence-electron chi connectivity index (χ4n) is 4.35. The molecule has 1 aliphatic heterocycles. The van der Waals surface area contributed by atoms with Gasteiger partial charge in [0.05, 0.1) is 30.0 Å². The zero-order valence-corrected chi connectivity index (χ0v) is 33.5. The van der Waals surface area contributed by atoms with E-state index in [2.05, 4.69) is 102 Å². The Morgan fingerprint density at radius 3 is 1.66 bits per heavy atom. The summed E-state index contributed by atoms with van der Waals surface area (Å²) in [5.41, 5.74) is 3.17. The van der Waals surface area contributed by atoms with E-state index >= 15 is 0 Å². The fraction of sp³-hybridized carbons (Fsp3) is 0.595. The molecule has 0 radical (unpaired) electrons. The molecule has 2 aromatic carbocycles. The van der Waals surface area contributed by atoms with E-state index in [1.807, 2.05) is 36.4 Å². The van der Waals surface area contributed by atoms with Crippen LogP contribution in [-0.2, 0) is 42.7 Å². The Labute approximate surface area is 287 Å².